The van der Waals surface area contributed by atoms with Crippen molar-refractivity contribution in [3.8, 4) is 11.8 Å². The van der Waals surface area contributed by atoms with E-state index in [1.807, 2.05) is 20.8 Å². The van der Waals surface area contributed by atoms with Gasteiger partial charge in [-0.3, -0.25) is 18.9 Å². The molecule has 0 saturated carbocycles. The zero-order chi connectivity index (χ0) is 39.5. The average Bonchev–Trinajstić information content (AvgIpc) is 3.63. The largest absolute Gasteiger partial charge is 0.533 e. The van der Waals surface area contributed by atoms with Crippen molar-refractivity contribution in [2.75, 3.05) is 19.1 Å². The average molecular weight is 758 g/mol. The molecule has 5 atom stereocenters. The first-order valence-electron chi connectivity index (χ1n) is 17.1. The molecule has 0 radical (unpaired) electrons. The van der Waals surface area contributed by atoms with Crippen molar-refractivity contribution in [1.82, 2.24) is 14.6 Å². The first-order chi connectivity index (χ1) is 24.6. The highest BCUT2D eigenvalue weighted by atomic mass is 31.2. The number of nitrogens with two attached hydrogens (primary N) is 1. The third-order valence-corrected chi connectivity index (χ3v) is 9.54. The molecular formula is C36H48N5O11P. The highest BCUT2D eigenvalue weighted by Gasteiger charge is 2.63. The summed E-state index contributed by atoms with van der Waals surface area (Å²) in [4.78, 5) is 42.8. The smallest absolute Gasteiger partial charge is 0.455 e. The van der Waals surface area contributed by atoms with Crippen LogP contribution < -0.4 is 10.3 Å². The van der Waals surface area contributed by atoms with Gasteiger partial charge in [-0.1, -0.05) is 60.6 Å². The standard InChI is InChI=1S/C36H48N5O11P/c1-21(2)31(42)49-28-26(51-36(18-37,29(28)50-32(43)22(3)4)27-16-15-25-30(38)39-19-40-41(25)27)17-47-53(45,48-20-46-33(44)35(8,9)10)52-24-13-11-23(12-14-24)34(5,6)7/h11-16,19,21-22,26,28-29H,17,20H2,1-10H3,(H2,38,39,40)/t26-,28-,29-,36+,53?/m1/s1. The van der Waals surface area contributed by atoms with Crippen molar-refractivity contribution in [1.29, 1.82) is 5.26 Å². The zero-order valence-electron chi connectivity index (χ0n) is 31.6. The number of nitriles is 1. The summed E-state index contributed by atoms with van der Waals surface area (Å²) >= 11 is 0. The van der Waals surface area contributed by atoms with Crippen LogP contribution in [0.5, 0.6) is 5.75 Å². The van der Waals surface area contributed by atoms with Gasteiger partial charge in [-0.2, -0.15) is 10.4 Å². The van der Waals surface area contributed by atoms with Crippen LogP contribution in [0.3, 0.4) is 0 Å². The molecule has 2 aromatic heterocycles. The number of hydrogen-bond donors (Lipinski definition) is 1. The fourth-order valence-electron chi connectivity index (χ4n) is 5.10. The molecule has 1 aliphatic heterocycles. The van der Waals surface area contributed by atoms with Crippen molar-refractivity contribution in [2.24, 2.45) is 17.3 Å². The number of carbonyl (C=O) groups is 3. The third kappa shape index (κ3) is 9.34. The minimum atomic E-state index is -4.69. The van der Waals surface area contributed by atoms with Crippen LogP contribution in [0.1, 0.15) is 80.5 Å². The SMILES string of the molecule is CC(C)C(=O)O[C@H]1[C@@H](OC(=O)C(C)C)[C@](C#N)(c2ccc3c(N)ncnn23)O[C@@H]1COP(=O)(OCOC(=O)C(C)(C)C)Oc1ccc(C(C)(C)C)cc1. The van der Waals surface area contributed by atoms with Crippen LogP contribution in [-0.2, 0) is 58.0 Å². The molecule has 3 heterocycles. The Hall–Kier alpha value is -4.55. The van der Waals surface area contributed by atoms with Gasteiger partial charge in [0.15, 0.2) is 18.0 Å². The summed E-state index contributed by atoms with van der Waals surface area (Å²) in [5.74, 6) is -3.19. The Bertz CT molecular complexity index is 1890. The van der Waals surface area contributed by atoms with Crippen LogP contribution in [0, 0.1) is 28.6 Å². The van der Waals surface area contributed by atoms with E-state index in [0.717, 1.165) is 5.56 Å². The van der Waals surface area contributed by atoms with Crippen molar-refractivity contribution in [3.63, 3.8) is 0 Å². The summed E-state index contributed by atoms with van der Waals surface area (Å²) < 4.78 is 56.0. The van der Waals surface area contributed by atoms with E-state index in [9.17, 15) is 24.2 Å². The second-order valence-corrected chi connectivity index (χ2v) is 16.9. The number of fused-ring (bicyclic) bond motifs is 1. The Kier molecular flexibility index (Phi) is 12.3. The van der Waals surface area contributed by atoms with E-state index >= 15 is 0 Å². The lowest BCUT2D eigenvalue weighted by Crippen LogP contribution is -2.47. The van der Waals surface area contributed by atoms with Crippen LogP contribution in [0.15, 0.2) is 42.7 Å². The van der Waals surface area contributed by atoms with Gasteiger partial charge in [-0.25, -0.2) is 18.6 Å². The van der Waals surface area contributed by atoms with Gasteiger partial charge in [-0.15, -0.1) is 0 Å². The lowest BCUT2D eigenvalue weighted by molar-refractivity contribution is -0.173. The molecule has 53 heavy (non-hydrogen) atoms. The van der Waals surface area contributed by atoms with E-state index in [4.69, 9.17) is 38.3 Å². The topological polar surface area (TPSA) is 213 Å². The summed E-state index contributed by atoms with van der Waals surface area (Å²) in [6, 6.07) is 11.9. The molecule has 4 rings (SSSR count). The number of benzene rings is 1. The second-order valence-electron chi connectivity index (χ2n) is 15.3. The molecule has 1 aromatic carbocycles. The van der Waals surface area contributed by atoms with E-state index < -0.39 is 80.3 Å². The molecule has 0 spiro atoms. The molecule has 1 unspecified atom stereocenters. The summed E-state index contributed by atoms with van der Waals surface area (Å²) in [6.45, 7) is 15.8. The molecule has 1 fully saturated rings. The monoisotopic (exact) mass is 757 g/mol. The second kappa shape index (κ2) is 15.8. The Labute approximate surface area is 308 Å². The zero-order valence-corrected chi connectivity index (χ0v) is 32.5. The maximum Gasteiger partial charge on any atom is 0.533 e. The molecule has 1 aliphatic rings. The number of ether oxygens (including phenoxy) is 4. The van der Waals surface area contributed by atoms with Gasteiger partial charge in [-0.05, 0) is 56.0 Å². The number of phosphoric acid groups is 1. The molecule has 0 aliphatic carbocycles. The van der Waals surface area contributed by atoms with Crippen molar-refractivity contribution in [3.05, 3.63) is 54.0 Å². The number of rotatable bonds is 13. The normalized spacial score (nSPS) is 21.6. The van der Waals surface area contributed by atoms with Gasteiger partial charge in [0.1, 0.15) is 29.8 Å². The summed E-state index contributed by atoms with van der Waals surface area (Å²) in [7, 11) is -4.69. The lowest BCUT2D eigenvalue weighted by Gasteiger charge is -2.29. The van der Waals surface area contributed by atoms with E-state index in [0.29, 0.717) is 5.52 Å². The predicted molar refractivity (Wildman–Crippen MR) is 190 cm³/mol. The van der Waals surface area contributed by atoms with Crippen LogP contribution in [0.4, 0.5) is 5.82 Å². The fraction of sp³-hybridized carbons (Fsp3) is 0.556. The van der Waals surface area contributed by atoms with Crippen LogP contribution in [0.2, 0.25) is 0 Å². The Morgan fingerprint density at radius 2 is 1.60 bits per heavy atom. The van der Waals surface area contributed by atoms with Gasteiger partial charge < -0.3 is 29.2 Å². The number of nitrogens with zero attached hydrogens (tertiary/aromatic N) is 4. The number of esters is 3. The van der Waals surface area contributed by atoms with Crippen LogP contribution in [0.25, 0.3) is 5.52 Å². The van der Waals surface area contributed by atoms with Crippen molar-refractivity contribution in [2.45, 2.75) is 98.6 Å². The summed E-state index contributed by atoms with van der Waals surface area (Å²) in [5, 5.41) is 15.1. The van der Waals surface area contributed by atoms with Gasteiger partial charge in [0.25, 0.3) is 0 Å². The molecule has 17 heteroatoms. The minimum absolute atomic E-state index is 0.0717. The van der Waals surface area contributed by atoms with Crippen molar-refractivity contribution < 1.29 is 51.5 Å². The number of anilines is 1. The Morgan fingerprint density at radius 1 is 0.981 bits per heavy atom. The number of carbonyl (C=O) groups excluding carboxylic acids is 3. The van der Waals surface area contributed by atoms with E-state index in [-0.39, 0.29) is 22.7 Å². The predicted octanol–water partition coefficient (Wildman–Crippen LogP) is 5.63. The van der Waals surface area contributed by atoms with Crippen LogP contribution >= 0.6 is 7.82 Å². The number of phosphoric ester groups is 1. The molecule has 3 aromatic rings. The lowest BCUT2D eigenvalue weighted by atomic mass is 9.87. The Morgan fingerprint density at radius 3 is 2.17 bits per heavy atom. The molecular weight excluding hydrogens is 709 g/mol. The maximum absolute atomic E-state index is 14.3. The summed E-state index contributed by atoms with van der Waals surface area (Å²) in [5.41, 5.74) is 4.16. The Balaban J connectivity index is 1.76. The van der Waals surface area contributed by atoms with E-state index in [2.05, 4.69) is 16.2 Å². The first kappa shape index (κ1) is 41.2. The number of nitrogen functional groups attached to an aromatic ring is 1. The van der Waals surface area contributed by atoms with Gasteiger partial charge in [0.2, 0.25) is 12.4 Å². The third-order valence-electron chi connectivity index (χ3n) is 8.22. The molecule has 1 saturated heterocycles. The molecule has 0 bridgehead atoms. The van der Waals surface area contributed by atoms with Crippen LogP contribution in [-0.4, -0.2) is 64.2 Å². The molecule has 2 N–H and O–H groups in total. The highest BCUT2D eigenvalue weighted by molar-refractivity contribution is 7.48. The van der Waals surface area contributed by atoms with Gasteiger partial charge in [0, 0.05) is 0 Å². The van der Waals surface area contributed by atoms with E-state index in [1.165, 1.54) is 16.9 Å². The molecule has 16 nitrogen and oxygen atoms in total. The number of hydrogen-bond acceptors (Lipinski definition) is 15. The molecule has 0 amide bonds. The van der Waals surface area contributed by atoms with E-state index in [1.54, 1.807) is 78.8 Å². The number of aromatic nitrogens is 3. The highest BCUT2D eigenvalue weighted by Crippen LogP contribution is 2.52. The first-order valence-corrected chi connectivity index (χ1v) is 18.5. The van der Waals surface area contributed by atoms with Gasteiger partial charge >= 0.3 is 25.7 Å². The quantitative estimate of drug-likeness (QED) is 0.0968. The van der Waals surface area contributed by atoms with Gasteiger partial charge in [0.05, 0.1) is 29.6 Å². The molecule has 288 valence electrons. The fourth-order valence-corrected chi connectivity index (χ4v) is 6.17. The minimum Gasteiger partial charge on any atom is -0.455 e. The van der Waals surface area contributed by atoms with Crippen molar-refractivity contribution >= 4 is 37.1 Å². The summed E-state index contributed by atoms with van der Waals surface area (Å²) in [6.07, 6.45) is -3.33. The maximum atomic E-state index is 14.3.